The highest BCUT2D eigenvalue weighted by molar-refractivity contribution is 9.10. The van der Waals surface area contributed by atoms with Gasteiger partial charge in [0, 0.05) is 24.4 Å². The van der Waals surface area contributed by atoms with Crippen LogP contribution in [0.5, 0.6) is 11.6 Å². The number of nitro benzene ring substituents is 1. The smallest absolute Gasteiger partial charge is 0.312 e. The molecule has 2 aromatic rings. The Balaban J connectivity index is 2.42. The Kier molecular flexibility index (Phi) is 4.65. The van der Waals surface area contributed by atoms with E-state index in [4.69, 9.17) is 4.74 Å². The molecule has 7 heteroatoms. The summed E-state index contributed by atoms with van der Waals surface area (Å²) in [5.41, 5.74) is 0.709. The minimum Gasteiger partial charge on any atom is -0.430 e. The van der Waals surface area contributed by atoms with Crippen LogP contribution in [0.3, 0.4) is 0 Å². The first kappa shape index (κ1) is 14.4. The van der Waals surface area contributed by atoms with E-state index in [-0.39, 0.29) is 11.4 Å². The number of halogens is 1. The summed E-state index contributed by atoms with van der Waals surface area (Å²) in [6.45, 7) is 0.557. The molecule has 0 aliphatic rings. The zero-order valence-corrected chi connectivity index (χ0v) is 12.3. The summed E-state index contributed by atoms with van der Waals surface area (Å²) in [5, 5.41) is 14.0. The number of para-hydroxylation sites is 1. The van der Waals surface area contributed by atoms with Gasteiger partial charge in [0.1, 0.15) is 0 Å². The average Bonchev–Trinajstić information content (AvgIpc) is 2.43. The standard InChI is InChI=1S/C13H12BrN3O3/c1-15-8-9-4-3-7-16-13(9)20-12-10(14)5-2-6-11(12)17(18)19/h2-7,15H,8H2,1H3. The van der Waals surface area contributed by atoms with Crippen molar-refractivity contribution in [3.8, 4) is 11.6 Å². The fourth-order valence-corrected chi connectivity index (χ4v) is 2.12. The second-order valence-electron chi connectivity index (χ2n) is 3.95. The van der Waals surface area contributed by atoms with E-state index in [1.54, 1.807) is 31.4 Å². The molecular weight excluding hydrogens is 326 g/mol. The molecule has 104 valence electrons. The molecule has 1 aromatic carbocycles. The first-order chi connectivity index (χ1) is 9.63. The largest absolute Gasteiger partial charge is 0.430 e. The Morgan fingerprint density at radius 1 is 1.40 bits per heavy atom. The van der Waals surface area contributed by atoms with E-state index in [9.17, 15) is 10.1 Å². The van der Waals surface area contributed by atoms with Crippen LogP contribution in [0.2, 0.25) is 0 Å². The van der Waals surface area contributed by atoms with Crippen molar-refractivity contribution in [2.75, 3.05) is 7.05 Å². The first-order valence-corrected chi connectivity index (χ1v) is 6.62. The van der Waals surface area contributed by atoms with E-state index < -0.39 is 4.92 Å². The highest BCUT2D eigenvalue weighted by Crippen LogP contribution is 2.38. The number of nitrogens with zero attached hydrogens (tertiary/aromatic N) is 2. The molecular formula is C13H12BrN3O3. The van der Waals surface area contributed by atoms with Crippen molar-refractivity contribution in [2.45, 2.75) is 6.54 Å². The number of hydrogen-bond acceptors (Lipinski definition) is 5. The van der Waals surface area contributed by atoms with E-state index >= 15 is 0 Å². The molecule has 2 rings (SSSR count). The lowest BCUT2D eigenvalue weighted by atomic mass is 10.2. The molecule has 0 aliphatic heterocycles. The summed E-state index contributed by atoms with van der Waals surface area (Å²) >= 11 is 3.26. The number of rotatable bonds is 5. The van der Waals surface area contributed by atoms with Crippen molar-refractivity contribution < 1.29 is 9.66 Å². The van der Waals surface area contributed by atoms with Gasteiger partial charge in [0.05, 0.1) is 9.40 Å². The normalized spacial score (nSPS) is 10.3. The van der Waals surface area contributed by atoms with Crippen molar-refractivity contribution in [2.24, 2.45) is 0 Å². The lowest BCUT2D eigenvalue weighted by Gasteiger charge is -2.10. The molecule has 0 amide bonds. The van der Waals surface area contributed by atoms with Crippen LogP contribution in [0.25, 0.3) is 0 Å². The number of hydrogen-bond donors (Lipinski definition) is 1. The van der Waals surface area contributed by atoms with Crippen LogP contribution >= 0.6 is 15.9 Å². The van der Waals surface area contributed by atoms with Gasteiger partial charge >= 0.3 is 5.69 Å². The van der Waals surface area contributed by atoms with E-state index in [0.29, 0.717) is 16.9 Å². The molecule has 0 unspecified atom stereocenters. The van der Waals surface area contributed by atoms with Gasteiger partial charge in [-0.05, 0) is 35.1 Å². The van der Waals surface area contributed by atoms with Gasteiger partial charge in [0.25, 0.3) is 0 Å². The van der Waals surface area contributed by atoms with Gasteiger partial charge in [0.15, 0.2) is 0 Å². The second-order valence-corrected chi connectivity index (χ2v) is 4.80. The molecule has 1 N–H and O–H groups in total. The van der Waals surface area contributed by atoms with Crippen LogP contribution in [0.1, 0.15) is 5.56 Å². The summed E-state index contributed by atoms with van der Waals surface area (Å²) in [5.74, 6) is 0.491. The Labute approximate surface area is 124 Å². The van der Waals surface area contributed by atoms with Crippen LogP contribution in [0, 0.1) is 10.1 Å². The van der Waals surface area contributed by atoms with Crippen LogP contribution in [0.4, 0.5) is 5.69 Å². The van der Waals surface area contributed by atoms with Crippen LogP contribution in [-0.4, -0.2) is 17.0 Å². The van der Waals surface area contributed by atoms with E-state index in [2.05, 4.69) is 26.2 Å². The van der Waals surface area contributed by atoms with Crippen molar-refractivity contribution in [3.63, 3.8) is 0 Å². The van der Waals surface area contributed by atoms with Crippen LogP contribution in [0.15, 0.2) is 41.0 Å². The lowest BCUT2D eigenvalue weighted by molar-refractivity contribution is -0.385. The summed E-state index contributed by atoms with van der Waals surface area (Å²) in [7, 11) is 1.80. The third-order valence-electron chi connectivity index (χ3n) is 2.56. The maximum Gasteiger partial charge on any atom is 0.312 e. The highest BCUT2D eigenvalue weighted by Gasteiger charge is 2.20. The second kappa shape index (κ2) is 6.44. The summed E-state index contributed by atoms with van der Waals surface area (Å²) < 4.78 is 6.15. The number of pyridine rings is 1. The molecule has 0 bridgehead atoms. The fourth-order valence-electron chi connectivity index (χ4n) is 1.68. The molecule has 0 saturated carbocycles. The first-order valence-electron chi connectivity index (χ1n) is 5.82. The van der Waals surface area contributed by atoms with Gasteiger partial charge in [-0.15, -0.1) is 0 Å². The van der Waals surface area contributed by atoms with Crippen LogP contribution < -0.4 is 10.1 Å². The number of ether oxygens (including phenoxy) is 1. The molecule has 20 heavy (non-hydrogen) atoms. The zero-order valence-electron chi connectivity index (χ0n) is 10.7. The van der Waals surface area contributed by atoms with E-state index in [1.807, 2.05) is 6.07 Å². The monoisotopic (exact) mass is 337 g/mol. The SMILES string of the molecule is CNCc1cccnc1Oc1c(Br)cccc1[N+](=O)[O-]. The van der Waals surface area contributed by atoms with Gasteiger partial charge in [0.2, 0.25) is 11.6 Å². The molecule has 1 heterocycles. The molecule has 0 atom stereocenters. The number of nitrogens with one attached hydrogen (secondary N) is 1. The Morgan fingerprint density at radius 3 is 2.90 bits per heavy atom. The minimum absolute atomic E-state index is 0.111. The van der Waals surface area contributed by atoms with Gasteiger partial charge < -0.3 is 10.1 Å². The maximum atomic E-state index is 11.0. The van der Waals surface area contributed by atoms with Crippen molar-refractivity contribution in [1.29, 1.82) is 0 Å². The maximum absolute atomic E-state index is 11.0. The van der Waals surface area contributed by atoms with Crippen molar-refractivity contribution >= 4 is 21.6 Å². The van der Waals surface area contributed by atoms with Crippen LogP contribution in [-0.2, 0) is 6.54 Å². The lowest BCUT2D eigenvalue weighted by Crippen LogP contribution is -2.07. The van der Waals surface area contributed by atoms with Crippen molar-refractivity contribution in [1.82, 2.24) is 10.3 Å². The third-order valence-corrected chi connectivity index (χ3v) is 3.18. The fraction of sp³-hybridized carbons (Fsp3) is 0.154. The predicted molar refractivity (Wildman–Crippen MR) is 77.9 cm³/mol. The molecule has 0 fully saturated rings. The predicted octanol–water partition coefficient (Wildman–Crippen LogP) is 3.26. The van der Waals surface area contributed by atoms with Crippen molar-refractivity contribution in [3.05, 3.63) is 56.7 Å². The molecule has 6 nitrogen and oxygen atoms in total. The third kappa shape index (κ3) is 3.12. The van der Waals surface area contributed by atoms with E-state index in [0.717, 1.165) is 5.56 Å². The summed E-state index contributed by atoms with van der Waals surface area (Å²) in [6.07, 6.45) is 1.58. The Morgan fingerprint density at radius 2 is 2.20 bits per heavy atom. The van der Waals surface area contributed by atoms with Gasteiger partial charge in [-0.25, -0.2) is 4.98 Å². The van der Waals surface area contributed by atoms with Gasteiger partial charge in [-0.1, -0.05) is 12.1 Å². The molecule has 1 aromatic heterocycles. The number of benzene rings is 1. The van der Waals surface area contributed by atoms with E-state index in [1.165, 1.54) is 6.07 Å². The highest BCUT2D eigenvalue weighted by atomic mass is 79.9. The van der Waals surface area contributed by atoms with Gasteiger partial charge in [-0.2, -0.15) is 0 Å². The quantitative estimate of drug-likeness (QED) is 0.669. The number of aromatic nitrogens is 1. The van der Waals surface area contributed by atoms with Gasteiger partial charge in [-0.3, -0.25) is 10.1 Å². The molecule has 0 aliphatic carbocycles. The number of nitro groups is 1. The molecule has 0 radical (unpaired) electrons. The summed E-state index contributed by atoms with van der Waals surface area (Å²) in [4.78, 5) is 14.7. The Hall–Kier alpha value is -1.99. The average molecular weight is 338 g/mol. The molecule has 0 saturated heterocycles. The summed E-state index contributed by atoms with van der Waals surface area (Å²) in [6, 6.07) is 8.29. The minimum atomic E-state index is -0.485. The zero-order chi connectivity index (χ0) is 14.5. The topological polar surface area (TPSA) is 77.3 Å². The Bertz CT molecular complexity index is 634. The molecule has 0 spiro atoms.